The second-order valence-corrected chi connectivity index (χ2v) is 11.2. The van der Waals surface area contributed by atoms with E-state index >= 15 is 0 Å². The van der Waals surface area contributed by atoms with Gasteiger partial charge in [0.1, 0.15) is 0 Å². The summed E-state index contributed by atoms with van der Waals surface area (Å²) in [6.45, 7) is 6.29. The number of amides is 2. The first kappa shape index (κ1) is 31.2. The second-order valence-electron chi connectivity index (χ2n) is 11.2. The Morgan fingerprint density at radius 2 is 1.55 bits per heavy atom. The molecule has 3 atom stereocenters. The minimum atomic E-state index is -0.521. The normalized spacial score (nSPS) is 18.1. The molecule has 0 unspecified atom stereocenters. The summed E-state index contributed by atoms with van der Waals surface area (Å²) in [5.74, 6) is 0. The van der Waals surface area contributed by atoms with Crippen molar-refractivity contribution in [1.82, 2.24) is 15.5 Å². The van der Waals surface area contributed by atoms with E-state index in [1.54, 1.807) is 0 Å². The monoisotopic (exact) mass is 591 g/mol. The number of hydrogen-bond acceptors (Lipinski definition) is 5. The molecule has 7 heteroatoms. The molecule has 44 heavy (non-hydrogen) atoms. The Balaban J connectivity index is 1.27. The van der Waals surface area contributed by atoms with Crippen LogP contribution in [0.4, 0.5) is 4.79 Å². The van der Waals surface area contributed by atoms with E-state index in [-0.39, 0.29) is 24.8 Å². The molecule has 4 aromatic carbocycles. The fraction of sp³-hybridized carbons (Fsp3) is 0.270. The van der Waals surface area contributed by atoms with Crippen molar-refractivity contribution in [2.75, 3.05) is 20.1 Å². The molecule has 0 saturated carbocycles. The molecule has 1 aliphatic rings. The van der Waals surface area contributed by atoms with E-state index in [9.17, 15) is 9.90 Å². The van der Waals surface area contributed by atoms with Gasteiger partial charge in [0.05, 0.1) is 18.8 Å². The van der Waals surface area contributed by atoms with Gasteiger partial charge in [0.15, 0.2) is 6.29 Å². The molecule has 7 nitrogen and oxygen atoms in total. The summed E-state index contributed by atoms with van der Waals surface area (Å²) in [6.07, 6.45) is 1.94. The minimum absolute atomic E-state index is 0.0134. The van der Waals surface area contributed by atoms with Crippen molar-refractivity contribution in [3.63, 3.8) is 0 Å². The third kappa shape index (κ3) is 8.42. The van der Waals surface area contributed by atoms with Gasteiger partial charge in [-0.1, -0.05) is 109 Å². The van der Waals surface area contributed by atoms with E-state index in [1.165, 1.54) is 0 Å². The van der Waals surface area contributed by atoms with Gasteiger partial charge in [-0.3, -0.25) is 0 Å². The Morgan fingerprint density at radius 1 is 0.864 bits per heavy atom. The molecule has 3 N–H and O–H groups in total. The lowest BCUT2D eigenvalue weighted by molar-refractivity contribution is -0.252. The van der Waals surface area contributed by atoms with Gasteiger partial charge >= 0.3 is 6.03 Å². The van der Waals surface area contributed by atoms with E-state index < -0.39 is 6.29 Å². The number of aliphatic hydroxyl groups is 1. The molecular formula is C37H41N3O4. The molecule has 228 valence electrons. The van der Waals surface area contributed by atoms with E-state index in [0.29, 0.717) is 13.1 Å². The lowest BCUT2D eigenvalue weighted by Crippen LogP contribution is -2.37. The van der Waals surface area contributed by atoms with Crippen LogP contribution >= 0.6 is 0 Å². The average molecular weight is 592 g/mol. The van der Waals surface area contributed by atoms with Crippen LogP contribution in [0.3, 0.4) is 0 Å². The van der Waals surface area contributed by atoms with Crippen molar-refractivity contribution in [1.29, 1.82) is 0 Å². The first-order valence-corrected chi connectivity index (χ1v) is 15.1. The fourth-order valence-corrected chi connectivity index (χ4v) is 5.47. The first-order valence-electron chi connectivity index (χ1n) is 15.1. The van der Waals surface area contributed by atoms with Crippen LogP contribution in [0.5, 0.6) is 0 Å². The van der Waals surface area contributed by atoms with Crippen LogP contribution in [0.15, 0.2) is 116 Å². The van der Waals surface area contributed by atoms with Gasteiger partial charge in [-0.15, -0.1) is 6.58 Å². The smallest absolute Gasteiger partial charge is 0.315 e. The number of nitrogens with one attached hydrogen (secondary N) is 2. The lowest BCUT2D eigenvalue weighted by Gasteiger charge is -2.37. The maximum absolute atomic E-state index is 12.5. The Labute approximate surface area is 260 Å². The lowest BCUT2D eigenvalue weighted by atomic mass is 9.97. The molecule has 0 bridgehead atoms. The largest absolute Gasteiger partial charge is 0.392 e. The third-order valence-corrected chi connectivity index (χ3v) is 7.82. The molecule has 1 aliphatic heterocycles. The molecule has 1 saturated heterocycles. The zero-order chi connectivity index (χ0) is 30.7. The molecule has 0 aliphatic carbocycles. The van der Waals surface area contributed by atoms with Crippen molar-refractivity contribution >= 4 is 6.03 Å². The van der Waals surface area contributed by atoms with Crippen LogP contribution in [0.1, 0.15) is 46.6 Å². The number of benzene rings is 4. The number of aliphatic hydroxyl groups excluding tert-OH is 1. The van der Waals surface area contributed by atoms with Crippen molar-refractivity contribution in [3.8, 4) is 11.1 Å². The summed E-state index contributed by atoms with van der Waals surface area (Å²) < 4.78 is 13.0. The summed E-state index contributed by atoms with van der Waals surface area (Å²) >= 11 is 0. The Kier molecular flexibility index (Phi) is 10.9. The highest BCUT2D eigenvalue weighted by Gasteiger charge is 2.32. The van der Waals surface area contributed by atoms with Gasteiger partial charge in [-0.2, -0.15) is 0 Å². The highest BCUT2D eigenvalue weighted by molar-refractivity contribution is 5.75. The van der Waals surface area contributed by atoms with Crippen molar-refractivity contribution < 1.29 is 19.4 Å². The quantitative estimate of drug-likeness (QED) is 0.164. The van der Waals surface area contributed by atoms with E-state index in [1.807, 2.05) is 78.9 Å². The van der Waals surface area contributed by atoms with Gasteiger partial charge in [-0.25, -0.2) is 4.79 Å². The predicted molar refractivity (Wildman–Crippen MR) is 174 cm³/mol. The van der Waals surface area contributed by atoms with Gasteiger partial charge in [0.25, 0.3) is 0 Å². The number of carbonyl (C=O) groups is 1. The highest BCUT2D eigenvalue weighted by atomic mass is 16.7. The van der Waals surface area contributed by atoms with Crippen LogP contribution in [0.25, 0.3) is 11.1 Å². The average Bonchev–Trinajstić information content (AvgIpc) is 3.07. The molecule has 5 rings (SSSR count). The molecule has 2 amide bonds. The SMILES string of the molecule is C=CCN(C)C[C@@H]1C[C@H](c2ccc(CO)cc2)O[C@H](c2ccc(-c3ccccc3CNC(=O)NCc3ccccc3)cc2)O1. The molecule has 0 aromatic heterocycles. The second kappa shape index (κ2) is 15.5. The maximum atomic E-state index is 12.5. The minimum Gasteiger partial charge on any atom is -0.392 e. The summed E-state index contributed by atoms with van der Waals surface area (Å²) in [6, 6.07) is 33.9. The Bertz CT molecular complexity index is 1490. The van der Waals surface area contributed by atoms with Gasteiger partial charge in [0, 0.05) is 38.2 Å². The standard InChI is InChI=1S/C37H41N3O4/c1-3-21-40(2)25-33-22-35(30-15-13-28(26-41)14-16-30)44-36(43-33)31-19-17-29(18-20-31)34-12-8-7-11-32(34)24-39-37(42)38-23-27-9-5-4-6-10-27/h3-20,33,35-36,41H,1,21-26H2,2H3,(H2,38,39,42)/t33-,35+,36+/m0/s1. The van der Waals surface area contributed by atoms with Crippen LogP contribution in [0, 0.1) is 0 Å². The highest BCUT2D eigenvalue weighted by Crippen LogP contribution is 2.38. The van der Waals surface area contributed by atoms with Crippen molar-refractivity contribution in [3.05, 3.63) is 144 Å². The van der Waals surface area contributed by atoms with Crippen LogP contribution in [-0.2, 0) is 29.2 Å². The molecule has 1 fully saturated rings. The van der Waals surface area contributed by atoms with Crippen LogP contribution < -0.4 is 10.6 Å². The van der Waals surface area contributed by atoms with E-state index in [2.05, 4.69) is 59.5 Å². The zero-order valence-electron chi connectivity index (χ0n) is 25.2. The molecule has 4 aromatic rings. The number of ether oxygens (including phenoxy) is 2. The molecular weight excluding hydrogens is 550 g/mol. The number of carbonyl (C=O) groups excluding carboxylic acids is 1. The van der Waals surface area contributed by atoms with Crippen LogP contribution in [-0.4, -0.2) is 42.3 Å². The number of hydrogen-bond donors (Lipinski definition) is 3. The fourth-order valence-electron chi connectivity index (χ4n) is 5.47. The third-order valence-electron chi connectivity index (χ3n) is 7.82. The summed E-state index contributed by atoms with van der Waals surface area (Å²) in [5.41, 5.74) is 7.06. The summed E-state index contributed by atoms with van der Waals surface area (Å²) in [7, 11) is 2.06. The van der Waals surface area contributed by atoms with Crippen molar-refractivity contribution in [2.24, 2.45) is 0 Å². The summed E-state index contributed by atoms with van der Waals surface area (Å²) in [5, 5.41) is 15.4. The maximum Gasteiger partial charge on any atom is 0.315 e. The molecule has 0 spiro atoms. The Morgan fingerprint density at radius 3 is 2.27 bits per heavy atom. The van der Waals surface area contributed by atoms with E-state index in [4.69, 9.17) is 9.47 Å². The number of likely N-dealkylation sites (N-methyl/N-ethyl adjacent to an activating group) is 1. The van der Waals surface area contributed by atoms with Gasteiger partial charge in [-0.05, 0) is 40.4 Å². The topological polar surface area (TPSA) is 83.1 Å². The number of urea groups is 1. The predicted octanol–water partition coefficient (Wildman–Crippen LogP) is 6.51. The van der Waals surface area contributed by atoms with E-state index in [0.717, 1.165) is 58.5 Å². The molecule has 0 radical (unpaired) electrons. The Hall–Kier alpha value is -4.27. The molecule has 1 heterocycles. The van der Waals surface area contributed by atoms with Gasteiger partial charge in [0.2, 0.25) is 0 Å². The summed E-state index contributed by atoms with van der Waals surface area (Å²) in [4.78, 5) is 14.7. The van der Waals surface area contributed by atoms with Gasteiger partial charge < -0.3 is 30.1 Å². The van der Waals surface area contributed by atoms with Crippen LogP contribution in [0.2, 0.25) is 0 Å². The van der Waals surface area contributed by atoms with Crippen molar-refractivity contribution in [2.45, 2.75) is 44.6 Å². The first-order chi connectivity index (χ1) is 21.5. The zero-order valence-corrected chi connectivity index (χ0v) is 25.2. The number of rotatable bonds is 12. The number of nitrogens with zero attached hydrogens (tertiary/aromatic N) is 1.